The number of aliphatic hydroxyl groups is 1. The van der Waals surface area contributed by atoms with E-state index in [0.717, 1.165) is 0 Å². The molecule has 0 radical (unpaired) electrons. The van der Waals surface area contributed by atoms with Gasteiger partial charge in [-0.1, -0.05) is 6.92 Å². The molecule has 0 aromatic heterocycles. The Labute approximate surface area is 150 Å². The van der Waals surface area contributed by atoms with E-state index in [2.05, 4.69) is 9.26 Å². The van der Waals surface area contributed by atoms with Gasteiger partial charge in [0.2, 0.25) is 0 Å². The first-order chi connectivity index (χ1) is 7.25. The van der Waals surface area contributed by atoms with Crippen LogP contribution in [0.15, 0.2) is 0 Å². The number of esters is 1. The summed E-state index contributed by atoms with van der Waals surface area (Å²) in [5, 5.41) is 8.96. The molecule has 0 spiro atoms. The van der Waals surface area contributed by atoms with Gasteiger partial charge < -0.3 is 28.7 Å². The van der Waals surface area contributed by atoms with Crippen LogP contribution >= 0.6 is 7.82 Å². The molecule has 0 rings (SSSR count). The number of phosphoric ester groups is 1. The van der Waals surface area contributed by atoms with Crippen molar-refractivity contribution in [3.8, 4) is 0 Å². The second-order valence-corrected chi connectivity index (χ2v) is 4.64. The van der Waals surface area contributed by atoms with E-state index < -0.39 is 25.8 Å². The van der Waals surface area contributed by atoms with E-state index in [0.29, 0.717) is 6.42 Å². The van der Waals surface area contributed by atoms with Gasteiger partial charge in [-0.05, 0) is 13.3 Å². The molecule has 1 atom stereocenters. The summed E-state index contributed by atoms with van der Waals surface area (Å²) in [7, 11) is -5.02. The Morgan fingerprint density at radius 1 is 1.33 bits per heavy atom. The maximum Gasteiger partial charge on any atom is 1.00 e. The zero-order valence-electron chi connectivity index (χ0n) is 11.2. The number of carbonyl (C=O) groups is 1. The fraction of sp³-hybridized carbons (Fsp3) is 0.875. The van der Waals surface area contributed by atoms with Crippen molar-refractivity contribution < 1.29 is 92.6 Å². The molecule has 1 N–H and O–H groups in total. The first kappa shape index (κ1) is 24.6. The van der Waals surface area contributed by atoms with Crippen molar-refractivity contribution in [2.45, 2.75) is 20.3 Å². The molecule has 0 saturated heterocycles. The van der Waals surface area contributed by atoms with E-state index in [1.54, 1.807) is 6.92 Å². The summed E-state index contributed by atoms with van der Waals surface area (Å²) in [4.78, 5) is 31.5. The first-order valence-electron chi connectivity index (χ1n) is 4.70. The molecule has 1 unspecified atom stereocenters. The number of aliphatic hydroxyl groups excluding tert-OH is 1. The van der Waals surface area contributed by atoms with Gasteiger partial charge in [0, 0.05) is 0 Å². The van der Waals surface area contributed by atoms with Gasteiger partial charge in [-0.2, -0.15) is 0 Å². The summed E-state index contributed by atoms with van der Waals surface area (Å²) in [6, 6.07) is 0. The maximum atomic E-state index is 11.4. The van der Waals surface area contributed by atoms with Gasteiger partial charge in [0.05, 0.1) is 26.5 Å². The van der Waals surface area contributed by atoms with Crippen LogP contribution in [0.3, 0.4) is 0 Å². The van der Waals surface area contributed by atoms with Crippen LogP contribution in [0.2, 0.25) is 0 Å². The molecular formula is C8H15Na2O7P. The van der Waals surface area contributed by atoms with Crippen LogP contribution in [0.4, 0.5) is 0 Å². The van der Waals surface area contributed by atoms with Gasteiger partial charge in [-0.15, -0.1) is 0 Å². The SMILES string of the molecule is CCC(C)(CO)C(=O)OCCOP(=O)([O-])[O-].[Na+].[Na+]. The summed E-state index contributed by atoms with van der Waals surface area (Å²) in [6.45, 7) is 1.99. The van der Waals surface area contributed by atoms with Gasteiger partial charge in [0.1, 0.15) is 6.61 Å². The molecule has 0 amide bonds. The van der Waals surface area contributed by atoms with Crippen molar-refractivity contribution >= 4 is 13.8 Å². The Kier molecular flexibility index (Phi) is 15.3. The number of hydrogen-bond acceptors (Lipinski definition) is 7. The van der Waals surface area contributed by atoms with E-state index in [1.165, 1.54) is 6.92 Å². The van der Waals surface area contributed by atoms with Gasteiger partial charge in [-0.25, -0.2) is 0 Å². The van der Waals surface area contributed by atoms with Crippen LogP contribution in [0, 0.1) is 5.41 Å². The molecule has 0 aliphatic carbocycles. The second-order valence-electron chi connectivity index (χ2n) is 3.49. The van der Waals surface area contributed by atoms with E-state index in [9.17, 15) is 19.1 Å². The first-order valence-corrected chi connectivity index (χ1v) is 6.16. The van der Waals surface area contributed by atoms with Crippen molar-refractivity contribution in [1.29, 1.82) is 0 Å². The largest absolute Gasteiger partial charge is 1.00 e. The predicted octanol–water partition coefficient (Wildman–Crippen LogP) is -7.21. The summed E-state index contributed by atoms with van der Waals surface area (Å²) in [5.41, 5.74) is -1.02. The molecule has 0 aromatic carbocycles. The Balaban J connectivity index is -0.00000112. The Hall–Kier alpha value is 1.54. The Bertz CT molecular complexity index is 277. The van der Waals surface area contributed by atoms with Crippen LogP contribution in [0.1, 0.15) is 20.3 Å². The molecule has 0 aromatic rings. The smallest absolute Gasteiger partial charge is 0.790 e. The molecule has 0 aliphatic rings. The van der Waals surface area contributed by atoms with Gasteiger partial charge in [0.15, 0.2) is 0 Å². The standard InChI is InChI=1S/C8H17O7P.2Na/c1-3-8(2,6-9)7(10)14-4-5-15-16(11,12)13;;/h9H,3-6H2,1-2H3,(H2,11,12,13);;/q;2*+1/p-2. The van der Waals surface area contributed by atoms with Crippen molar-refractivity contribution in [2.75, 3.05) is 19.8 Å². The minimum Gasteiger partial charge on any atom is -0.790 e. The summed E-state index contributed by atoms with van der Waals surface area (Å²) < 4.78 is 18.6. The monoisotopic (exact) mass is 300 g/mol. The predicted molar refractivity (Wildman–Crippen MR) is 50.0 cm³/mol. The minimum absolute atomic E-state index is 0. The zero-order valence-corrected chi connectivity index (χ0v) is 16.1. The zero-order chi connectivity index (χ0) is 12.8. The normalized spacial score (nSPS) is 13.8. The van der Waals surface area contributed by atoms with Crippen LogP contribution in [0.25, 0.3) is 0 Å². The number of carbonyl (C=O) groups excluding carboxylic acids is 1. The summed E-state index contributed by atoms with van der Waals surface area (Å²) >= 11 is 0. The third-order valence-electron chi connectivity index (χ3n) is 2.19. The quantitative estimate of drug-likeness (QED) is 0.215. The molecule has 7 nitrogen and oxygen atoms in total. The van der Waals surface area contributed by atoms with E-state index in [-0.39, 0.29) is 72.3 Å². The topological polar surface area (TPSA) is 119 Å². The third kappa shape index (κ3) is 10.3. The average Bonchev–Trinajstić information content (AvgIpc) is 2.21. The van der Waals surface area contributed by atoms with E-state index in [1.807, 2.05) is 0 Å². The van der Waals surface area contributed by atoms with Gasteiger partial charge in [-0.3, -0.25) is 4.79 Å². The molecule has 0 saturated carbocycles. The van der Waals surface area contributed by atoms with Crippen molar-refractivity contribution in [3.05, 3.63) is 0 Å². The van der Waals surface area contributed by atoms with Gasteiger partial charge in [0.25, 0.3) is 0 Å². The van der Waals surface area contributed by atoms with Crippen LogP contribution in [-0.4, -0.2) is 30.9 Å². The second kappa shape index (κ2) is 11.2. The molecule has 0 heterocycles. The molecule has 0 aliphatic heterocycles. The van der Waals surface area contributed by atoms with Crippen LogP contribution < -0.4 is 68.9 Å². The maximum absolute atomic E-state index is 11.4. The van der Waals surface area contributed by atoms with E-state index in [4.69, 9.17) is 5.11 Å². The fourth-order valence-corrected chi connectivity index (χ4v) is 1.08. The Morgan fingerprint density at radius 2 is 1.83 bits per heavy atom. The summed E-state index contributed by atoms with van der Waals surface area (Å²) in [5.74, 6) is -0.660. The minimum atomic E-state index is -5.02. The van der Waals surface area contributed by atoms with Gasteiger partial charge >= 0.3 is 65.1 Å². The number of phosphoric acid groups is 1. The van der Waals surface area contributed by atoms with Crippen molar-refractivity contribution in [3.63, 3.8) is 0 Å². The Morgan fingerprint density at radius 3 is 2.17 bits per heavy atom. The fourth-order valence-electron chi connectivity index (χ4n) is 0.778. The number of ether oxygens (including phenoxy) is 1. The molecule has 0 fully saturated rings. The molecule has 10 heteroatoms. The van der Waals surface area contributed by atoms with Crippen molar-refractivity contribution in [2.24, 2.45) is 5.41 Å². The molecule has 96 valence electrons. The number of rotatable bonds is 7. The molecule has 0 bridgehead atoms. The number of hydrogen-bond donors (Lipinski definition) is 1. The van der Waals surface area contributed by atoms with Crippen LogP contribution in [0.5, 0.6) is 0 Å². The van der Waals surface area contributed by atoms with E-state index >= 15 is 0 Å². The summed E-state index contributed by atoms with van der Waals surface area (Å²) in [6.07, 6.45) is 0.380. The third-order valence-corrected chi connectivity index (χ3v) is 2.69. The molecular weight excluding hydrogens is 285 g/mol. The average molecular weight is 300 g/mol. The van der Waals surface area contributed by atoms with Crippen LogP contribution in [-0.2, 0) is 18.6 Å². The molecule has 18 heavy (non-hydrogen) atoms. The van der Waals surface area contributed by atoms with Crippen molar-refractivity contribution in [1.82, 2.24) is 0 Å².